The topological polar surface area (TPSA) is 97.4 Å². The Bertz CT molecular complexity index is 1080. The first-order chi connectivity index (χ1) is 16.9. The molecule has 0 bridgehead atoms. The van der Waals surface area contributed by atoms with Gasteiger partial charge < -0.3 is 19.5 Å². The number of nitrogens with zero attached hydrogens (tertiary/aromatic N) is 2. The number of morpholine rings is 1. The standard InChI is InChI=1S/C26H31N3O6/c1-18-4-3-5-19(2)26(18)35-16-22(30)20-6-7-23-21(14-20)29(25(32)17-34-23)15-24(31)27-8-9-28-10-12-33-13-11-28/h3-7,14H,8-13,15-17H2,1-2H3,(H,27,31). The number of para-hydroxylation sites is 1. The predicted octanol–water partition coefficient (Wildman–Crippen LogP) is 1.74. The van der Waals surface area contributed by atoms with E-state index in [1.54, 1.807) is 18.2 Å². The van der Waals surface area contributed by atoms with Gasteiger partial charge in [-0.3, -0.25) is 24.2 Å². The Labute approximate surface area is 204 Å². The number of anilines is 1. The summed E-state index contributed by atoms with van der Waals surface area (Å²) < 4.78 is 16.6. The quantitative estimate of drug-likeness (QED) is 0.545. The molecule has 0 aliphatic carbocycles. The molecule has 4 rings (SSSR count). The molecule has 2 aliphatic rings. The van der Waals surface area contributed by atoms with Crippen LogP contribution in [0, 0.1) is 13.8 Å². The van der Waals surface area contributed by atoms with Gasteiger partial charge in [0, 0.05) is 31.7 Å². The third-order valence-corrected chi connectivity index (χ3v) is 6.14. The summed E-state index contributed by atoms with van der Waals surface area (Å²) in [6, 6.07) is 10.7. The number of ether oxygens (including phenoxy) is 3. The fourth-order valence-electron chi connectivity index (χ4n) is 4.17. The van der Waals surface area contributed by atoms with Crippen molar-refractivity contribution < 1.29 is 28.6 Å². The number of aryl methyl sites for hydroxylation is 2. The molecule has 2 aromatic rings. The average Bonchev–Trinajstić information content (AvgIpc) is 2.85. The number of rotatable bonds is 9. The smallest absolute Gasteiger partial charge is 0.265 e. The van der Waals surface area contributed by atoms with E-state index in [4.69, 9.17) is 14.2 Å². The normalized spacial score (nSPS) is 15.8. The maximum absolute atomic E-state index is 12.9. The number of carbonyl (C=O) groups excluding carboxylic acids is 3. The Morgan fingerprint density at radius 2 is 1.83 bits per heavy atom. The van der Waals surface area contributed by atoms with Crippen molar-refractivity contribution in [1.82, 2.24) is 10.2 Å². The summed E-state index contributed by atoms with van der Waals surface area (Å²) in [5.74, 6) is 0.306. The van der Waals surface area contributed by atoms with Crippen molar-refractivity contribution in [2.45, 2.75) is 13.8 Å². The number of hydrogen-bond donors (Lipinski definition) is 1. The van der Waals surface area contributed by atoms with E-state index in [2.05, 4.69) is 10.2 Å². The number of nitrogens with one attached hydrogen (secondary N) is 1. The second-order valence-electron chi connectivity index (χ2n) is 8.69. The minimum absolute atomic E-state index is 0.138. The third kappa shape index (κ3) is 6.17. The summed E-state index contributed by atoms with van der Waals surface area (Å²) in [5.41, 5.74) is 2.69. The van der Waals surface area contributed by atoms with Crippen LogP contribution in [0.1, 0.15) is 21.5 Å². The Morgan fingerprint density at radius 3 is 2.57 bits per heavy atom. The van der Waals surface area contributed by atoms with Crippen LogP contribution in [-0.2, 0) is 14.3 Å². The lowest BCUT2D eigenvalue weighted by Crippen LogP contribution is -2.47. The lowest BCUT2D eigenvalue weighted by molar-refractivity contribution is -0.125. The van der Waals surface area contributed by atoms with Crippen LogP contribution in [0.15, 0.2) is 36.4 Å². The molecular formula is C26H31N3O6. The molecule has 35 heavy (non-hydrogen) atoms. The third-order valence-electron chi connectivity index (χ3n) is 6.14. The number of Topliss-reactive ketones (excluding diaryl/α,β-unsaturated/α-hetero) is 1. The van der Waals surface area contributed by atoms with Crippen LogP contribution >= 0.6 is 0 Å². The summed E-state index contributed by atoms with van der Waals surface area (Å²) in [4.78, 5) is 41.6. The Kier molecular flexibility index (Phi) is 7.99. The van der Waals surface area contributed by atoms with Gasteiger partial charge >= 0.3 is 0 Å². The first kappa shape index (κ1) is 24.7. The molecule has 2 heterocycles. The molecule has 2 amide bonds. The van der Waals surface area contributed by atoms with Crippen molar-refractivity contribution in [3.8, 4) is 11.5 Å². The molecule has 1 saturated heterocycles. The second-order valence-corrected chi connectivity index (χ2v) is 8.69. The van der Waals surface area contributed by atoms with Crippen LogP contribution in [0.4, 0.5) is 5.69 Å². The molecule has 0 atom stereocenters. The second kappa shape index (κ2) is 11.3. The molecule has 2 aliphatic heterocycles. The number of fused-ring (bicyclic) bond motifs is 1. The minimum Gasteiger partial charge on any atom is -0.485 e. The molecule has 1 N–H and O–H groups in total. The van der Waals surface area contributed by atoms with Crippen molar-refractivity contribution >= 4 is 23.3 Å². The van der Waals surface area contributed by atoms with Gasteiger partial charge in [0.1, 0.15) is 18.0 Å². The first-order valence-corrected chi connectivity index (χ1v) is 11.8. The average molecular weight is 482 g/mol. The highest BCUT2D eigenvalue weighted by Crippen LogP contribution is 2.33. The molecule has 9 heteroatoms. The van der Waals surface area contributed by atoms with E-state index in [0.29, 0.717) is 42.5 Å². The summed E-state index contributed by atoms with van der Waals surface area (Å²) in [7, 11) is 0. The largest absolute Gasteiger partial charge is 0.485 e. The molecule has 0 spiro atoms. The van der Waals surface area contributed by atoms with Gasteiger partial charge in [0.2, 0.25) is 5.91 Å². The van der Waals surface area contributed by atoms with Crippen LogP contribution < -0.4 is 19.7 Å². The summed E-state index contributed by atoms with van der Waals surface area (Å²) in [6.45, 7) is 7.71. The van der Waals surface area contributed by atoms with Crippen LogP contribution in [0.3, 0.4) is 0 Å². The summed E-state index contributed by atoms with van der Waals surface area (Å²) >= 11 is 0. The van der Waals surface area contributed by atoms with Gasteiger partial charge in [-0.05, 0) is 43.2 Å². The van der Waals surface area contributed by atoms with Gasteiger partial charge in [-0.15, -0.1) is 0 Å². The van der Waals surface area contributed by atoms with E-state index in [-0.39, 0.29) is 37.4 Å². The van der Waals surface area contributed by atoms with Crippen LogP contribution in [0.25, 0.3) is 0 Å². The molecule has 186 valence electrons. The van der Waals surface area contributed by atoms with Gasteiger partial charge in [0.15, 0.2) is 19.0 Å². The molecule has 0 saturated carbocycles. The number of amides is 2. The lowest BCUT2D eigenvalue weighted by Gasteiger charge is -2.29. The predicted molar refractivity (Wildman–Crippen MR) is 130 cm³/mol. The van der Waals surface area contributed by atoms with Crippen molar-refractivity contribution in [2.24, 2.45) is 0 Å². The Balaban J connectivity index is 1.39. The summed E-state index contributed by atoms with van der Waals surface area (Å²) in [6.07, 6.45) is 0. The van der Waals surface area contributed by atoms with Gasteiger partial charge in [0.05, 0.1) is 18.9 Å². The molecule has 0 unspecified atom stereocenters. The van der Waals surface area contributed by atoms with Gasteiger partial charge in [-0.25, -0.2) is 0 Å². The molecular weight excluding hydrogens is 450 g/mol. The molecule has 0 aromatic heterocycles. The number of carbonyl (C=O) groups is 3. The highest BCUT2D eigenvalue weighted by Gasteiger charge is 2.28. The van der Waals surface area contributed by atoms with E-state index in [9.17, 15) is 14.4 Å². The first-order valence-electron chi connectivity index (χ1n) is 11.8. The molecule has 0 radical (unpaired) electrons. The SMILES string of the molecule is Cc1cccc(C)c1OCC(=O)c1ccc2c(c1)N(CC(=O)NCCN1CCOCC1)C(=O)CO2. The minimum atomic E-state index is -0.336. The van der Waals surface area contributed by atoms with Gasteiger partial charge in [-0.1, -0.05) is 18.2 Å². The van der Waals surface area contributed by atoms with Crippen LogP contribution in [0.5, 0.6) is 11.5 Å². The fraction of sp³-hybridized carbons (Fsp3) is 0.423. The number of hydrogen-bond acceptors (Lipinski definition) is 7. The number of benzene rings is 2. The highest BCUT2D eigenvalue weighted by atomic mass is 16.5. The molecule has 2 aromatic carbocycles. The maximum atomic E-state index is 12.9. The zero-order chi connectivity index (χ0) is 24.8. The fourth-order valence-corrected chi connectivity index (χ4v) is 4.17. The monoisotopic (exact) mass is 481 g/mol. The zero-order valence-corrected chi connectivity index (χ0v) is 20.2. The lowest BCUT2D eigenvalue weighted by atomic mass is 10.1. The van der Waals surface area contributed by atoms with Crippen molar-refractivity contribution in [2.75, 3.05) is 64.1 Å². The van der Waals surface area contributed by atoms with Crippen LogP contribution in [0.2, 0.25) is 0 Å². The van der Waals surface area contributed by atoms with E-state index < -0.39 is 0 Å². The number of ketones is 1. The van der Waals surface area contributed by atoms with Gasteiger partial charge in [0.25, 0.3) is 5.91 Å². The Hall–Kier alpha value is -3.43. The van der Waals surface area contributed by atoms with E-state index in [1.165, 1.54) is 4.90 Å². The van der Waals surface area contributed by atoms with Crippen molar-refractivity contribution in [3.63, 3.8) is 0 Å². The highest BCUT2D eigenvalue weighted by molar-refractivity contribution is 6.04. The molecule has 9 nitrogen and oxygen atoms in total. The molecule has 1 fully saturated rings. The zero-order valence-electron chi connectivity index (χ0n) is 20.2. The van der Waals surface area contributed by atoms with Crippen molar-refractivity contribution in [1.29, 1.82) is 0 Å². The van der Waals surface area contributed by atoms with Crippen molar-refractivity contribution in [3.05, 3.63) is 53.1 Å². The van der Waals surface area contributed by atoms with E-state index in [1.807, 2.05) is 32.0 Å². The maximum Gasteiger partial charge on any atom is 0.265 e. The van der Waals surface area contributed by atoms with E-state index >= 15 is 0 Å². The van der Waals surface area contributed by atoms with Crippen LogP contribution in [-0.4, -0.2) is 81.6 Å². The van der Waals surface area contributed by atoms with Gasteiger partial charge in [-0.2, -0.15) is 0 Å². The summed E-state index contributed by atoms with van der Waals surface area (Å²) in [5, 5.41) is 2.87. The van der Waals surface area contributed by atoms with E-state index in [0.717, 1.165) is 30.8 Å². The Morgan fingerprint density at radius 1 is 1.09 bits per heavy atom.